The summed E-state index contributed by atoms with van der Waals surface area (Å²) in [6.45, 7) is 1.52. The van der Waals surface area contributed by atoms with Gasteiger partial charge in [-0.1, -0.05) is 53.7 Å². The number of ether oxygens (including phenoxy) is 1. The van der Waals surface area contributed by atoms with E-state index in [2.05, 4.69) is 15.1 Å². The van der Waals surface area contributed by atoms with E-state index in [4.69, 9.17) is 13.7 Å². The monoisotopic (exact) mass is 361 g/mol. The number of aromatic nitrogens is 3. The summed E-state index contributed by atoms with van der Waals surface area (Å²) < 4.78 is 15.9. The lowest BCUT2D eigenvalue weighted by molar-refractivity contribution is 0.0421. The van der Waals surface area contributed by atoms with Crippen molar-refractivity contribution < 1.29 is 18.5 Å². The van der Waals surface area contributed by atoms with E-state index in [0.717, 1.165) is 11.1 Å². The molecule has 0 aliphatic rings. The van der Waals surface area contributed by atoms with Crippen LogP contribution in [-0.2, 0) is 11.3 Å². The average Bonchev–Trinajstić information content (AvgIpc) is 3.34. The Kier molecular flexibility index (Phi) is 4.49. The van der Waals surface area contributed by atoms with Gasteiger partial charge in [0, 0.05) is 11.1 Å². The molecule has 4 rings (SSSR count). The molecular weight excluding hydrogens is 346 g/mol. The van der Waals surface area contributed by atoms with E-state index in [1.54, 1.807) is 6.92 Å². The third-order valence-corrected chi connectivity index (χ3v) is 3.84. The Balaban J connectivity index is 1.45. The standard InChI is InChI=1S/C20H15N3O4/c1-13-17(22-19(26-13)15-10-6-3-7-11-15)20(24)25-12-16-21-18(23-27-16)14-8-4-2-5-9-14/h2-11H,12H2,1H3. The quantitative estimate of drug-likeness (QED) is 0.495. The van der Waals surface area contributed by atoms with Crippen molar-refractivity contribution >= 4 is 5.97 Å². The molecule has 0 unspecified atom stereocenters. The number of hydrogen-bond donors (Lipinski definition) is 0. The minimum Gasteiger partial charge on any atom is -0.451 e. The molecule has 0 aliphatic heterocycles. The Morgan fingerprint density at radius 3 is 2.33 bits per heavy atom. The Hall–Kier alpha value is -3.74. The van der Waals surface area contributed by atoms with E-state index in [0.29, 0.717) is 17.5 Å². The molecule has 0 saturated carbocycles. The van der Waals surface area contributed by atoms with Crippen LogP contribution in [0, 0.1) is 6.92 Å². The molecule has 7 nitrogen and oxygen atoms in total. The van der Waals surface area contributed by atoms with Gasteiger partial charge in [0.05, 0.1) is 0 Å². The first-order valence-corrected chi connectivity index (χ1v) is 8.28. The predicted molar refractivity (Wildman–Crippen MR) is 95.5 cm³/mol. The molecule has 4 aromatic rings. The van der Waals surface area contributed by atoms with Crippen LogP contribution in [0.5, 0.6) is 0 Å². The second kappa shape index (κ2) is 7.25. The number of rotatable bonds is 5. The zero-order valence-electron chi connectivity index (χ0n) is 14.5. The summed E-state index contributed by atoms with van der Waals surface area (Å²) in [5, 5.41) is 3.89. The maximum atomic E-state index is 12.3. The molecule has 0 spiro atoms. The van der Waals surface area contributed by atoms with Crippen LogP contribution >= 0.6 is 0 Å². The van der Waals surface area contributed by atoms with Gasteiger partial charge in [0.15, 0.2) is 12.3 Å². The maximum absolute atomic E-state index is 12.3. The largest absolute Gasteiger partial charge is 0.451 e. The zero-order valence-corrected chi connectivity index (χ0v) is 14.5. The molecular formula is C20H15N3O4. The first kappa shape index (κ1) is 16.7. The van der Waals surface area contributed by atoms with Gasteiger partial charge >= 0.3 is 5.97 Å². The van der Waals surface area contributed by atoms with E-state index in [-0.39, 0.29) is 18.2 Å². The number of aryl methyl sites for hydroxylation is 1. The van der Waals surface area contributed by atoms with Crippen molar-refractivity contribution in [3.05, 3.63) is 78.0 Å². The molecule has 2 heterocycles. The van der Waals surface area contributed by atoms with Crippen LogP contribution in [0.2, 0.25) is 0 Å². The summed E-state index contributed by atoms with van der Waals surface area (Å²) in [7, 11) is 0. The summed E-state index contributed by atoms with van der Waals surface area (Å²) >= 11 is 0. The Morgan fingerprint density at radius 2 is 1.63 bits per heavy atom. The summed E-state index contributed by atoms with van der Waals surface area (Å²) in [6.07, 6.45) is 0. The average molecular weight is 361 g/mol. The number of carbonyl (C=O) groups is 1. The van der Waals surface area contributed by atoms with Gasteiger partial charge in [-0.05, 0) is 19.1 Å². The molecule has 0 amide bonds. The van der Waals surface area contributed by atoms with Gasteiger partial charge in [0.2, 0.25) is 11.7 Å². The van der Waals surface area contributed by atoms with Crippen molar-refractivity contribution in [3.63, 3.8) is 0 Å². The van der Waals surface area contributed by atoms with Crippen molar-refractivity contribution in [2.24, 2.45) is 0 Å². The van der Waals surface area contributed by atoms with E-state index in [1.165, 1.54) is 0 Å². The second-order valence-corrected chi connectivity index (χ2v) is 5.74. The van der Waals surface area contributed by atoms with Crippen LogP contribution in [0.25, 0.3) is 22.8 Å². The topological polar surface area (TPSA) is 91.2 Å². The molecule has 2 aromatic carbocycles. The van der Waals surface area contributed by atoms with Gasteiger partial charge in [0.1, 0.15) is 5.76 Å². The van der Waals surface area contributed by atoms with Gasteiger partial charge in [-0.2, -0.15) is 4.98 Å². The number of esters is 1. The van der Waals surface area contributed by atoms with Crippen LogP contribution in [0.4, 0.5) is 0 Å². The smallest absolute Gasteiger partial charge is 0.361 e. The summed E-state index contributed by atoms with van der Waals surface area (Å²) in [4.78, 5) is 20.8. The zero-order chi connectivity index (χ0) is 18.6. The number of hydrogen-bond acceptors (Lipinski definition) is 7. The molecule has 7 heteroatoms. The number of carbonyl (C=O) groups excluding carboxylic acids is 1. The maximum Gasteiger partial charge on any atom is 0.361 e. The highest BCUT2D eigenvalue weighted by Crippen LogP contribution is 2.22. The van der Waals surface area contributed by atoms with Crippen molar-refractivity contribution in [1.82, 2.24) is 15.1 Å². The lowest BCUT2D eigenvalue weighted by Crippen LogP contribution is -2.07. The predicted octanol–water partition coefficient (Wildman–Crippen LogP) is 4.06. The third-order valence-electron chi connectivity index (χ3n) is 3.84. The van der Waals surface area contributed by atoms with Gasteiger partial charge < -0.3 is 13.7 Å². The highest BCUT2D eigenvalue weighted by Gasteiger charge is 2.20. The lowest BCUT2D eigenvalue weighted by Gasteiger charge is -1.98. The molecule has 0 bridgehead atoms. The Bertz CT molecular complexity index is 1060. The summed E-state index contributed by atoms with van der Waals surface area (Å²) in [6, 6.07) is 18.7. The molecule has 2 aromatic heterocycles. The number of benzene rings is 2. The lowest BCUT2D eigenvalue weighted by atomic mass is 10.2. The fourth-order valence-electron chi connectivity index (χ4n) is 2.50. The van der Waals surface area contributed by atoms with E-state index in [9.17, 15) is 4.79 Å². The van der Waals surface area contributed by atoms with Crippen LogP contribution < -0.4 is 0 Å². The minimum atomic E-state index is -0.613. The van der Waals surface area contributed by atoms with Gasteiger partial charge in [0.25, 0.3) is 5.89 Å². The molecule has 0 fully saturated rings. The Labute approximate surface area is 154 Å². The fourth-order valence-corrected chi connectivity index (χ4v) is 2.50. The molecule has 0 aliphatic carbocycles. The van der Waals surface area contributed by atoms with Gasteiger partial charge in [-0.25, -0.2) is 9.78 Å². The Morgan fingerprint density at radius 1 is 0.963 bits per heavy atom. The number of oxazole rings is 1. The third kappa shape index (κ3) is 3.62. The van der Waals surface area contributed by atoms with Crippen molar-refractivity contribution in [2.45, 2.75) is 13.5 Å². The van der Waals surface area contributed by atoms with E-state index < -0.39 is 5.97 Å². The molecule has 0 radical (unpaired) electrons. The highest BCUT2D eigenvalue weighted by molar-refractivity contribution is 5.88. The molecule has 134 valence electrons. The van der Waals surface area contributed by atoms with E-state index >= 15 is 0 Å². The summed E-state index contributed by atoms with van der Waals surface area (Å²) in [5.41, 5.74) is 1.72. The molecule has 0 N–H and O–H groups in total. The molecule has 27 heavy (non-hydrogen) atoms. The van der Waals surface area contributed by atoms with E-state index in [1.807, 2.05) is 60.7 Å². The van der Waals surface area contributed by atoms with Crippen LogP contribution in [-0.4, -0.2) is 21.1 Å². The van der Waals surface area contributed by atoms with Gasteiger partial charge in [-0.3, -0.25) is 0 Å². The molecule has 0 saturated heterocycles. The first-order chi connectivity index (χ1) is 13.2. The fraction of sp³-hybridized carbons (Fsp3) is 0.100. The molecule has 0 atom stereocenters. The van der Waals surface area contributed by atoms with Crippen LogP contribution in [0.1, 0.15) is 22.1 Å². The number of nitrogens with zero attached hydrogens (tertiary/aromatic N) is 3. The minimum absolute atomic E-state index is 0.122. The first-order valence-electron chi connectivity index (χ1n) is 8.28. The van der Waals surface area contributed by atoms with Crippen LogP contribution in [0.3, 0.4) is 0 Å². The van der Waals surface area contributed by atoms with Gasteiger partial charge in [-0.15, -0.1) is 0 Å². The summed E-state index contributed by atoms with van der Waals surface area (Å²) in [5.74, 6) is 0.772. The van der Waals surface area contributed by atoms with Crippen molar-refractivity contribution in [3.8, 4) is 22.8 Å². The van der Waals surface area contributed by atoms with Crippen LogP contribution in [0.15, 0.2) is 69.6 Å². The second-order valence-electron chi connectivity index (χ2n) is 5.74. The normalized spacial score (nSPS) is 10.7. The highest BCUT2D eigenvalue weighted by atomic mass is 16.6. The van der Waals surface area contributed by atoms with Crippen molar-refractivity contribution in [2.75, 3.05) is 0 Å². The SMILES string of the molecule is Cc1oc(-c2ccccc2)nc1C(=O)OCc1nc(-c2ccccc2)no1. The van der Waals surface area contributed by atoms with Crippen molar-refractivity contribution in [1.29, 1.82) is 0 Å².